The third-order valence-electron chi connectivity index (χ3n) is 6.96. The second-order valence-electron chi connectivity index (χ2n) is 10.5. The molecule has 0 saturated heterocycles. The van der Waals surface area contributed by atoms with Crippen molar-refractivity contribution in [3.05, 3.63) is 88.1 Å². The molecule has 2 aromatic carbocycles. The lowest BCUT2D eigenvalue weighted by atomic mass is 10.0. The number of aliphatic hydroxyl groups is 1. The third-order valence-corrected chi connectivity index (χ3v) is 6.96. The van der Waals surface area contributed by atoms with Crippen LogP contribution < -0.4 is 16.2 Å². The fraction of sp³-hybridized carbons (Fsp3) is 0.290. The number of hydrogen-bond donors (Lipinski definition) is 3. The molecule has 0 aliphatic heterocycles. The average molecular weight is 539 g/mol. The molecule has 9 nitrogen and oxygen atoms in total. The van der Waals surface area contributed by atoms with Gasteiger partial charge < -0.3 is 20.3 Å². The molecule has 0 spiro atoms. The lowest BCUT2D eigenvalue weighted by Gasteiger charge is -2.15. The van der Waals surface area contributed by atoms with Gasteiger partial charge in [-0.2, -0.15) is 5.10 Å². The molecular formula is C31H34N6O3. The first-order valence-electron chi connectivity index (χ1n) is 13.4. The number of rotatable bonds is 9. The summed E-state index contributed by atoms with van der Waals surface area (Å²) >= 11 is 0. The SMILES string of the molecule is CC(=O)NCNc1ncc(Cn2cc3c(CC(C)C)nn(C)c(=O)c3c2-c2cccc(CO)c2)c2ccccc12. The van der Waals surface area contributed by atoms with Crippen LogP contribution in [-0.2, 0) is 31.4 Å². The molecule has 1 amide bonds. The molecule has 5 rings (SSSR count). The van der Waals surface area contributed by atoms with Gasteiger partial charge in [-0.1, -0.05) is 56.3 Å². The van der Waals surface area contributed by atoms with Crippen molar-refractivity contribution in [2.24, 2.45) is 13.0 Å². The number of nitrogens with zero attached hydrogens (tertiary/aromatic N) is 4. The monoisotopic (exact) mass is 538 g/mol. The summed E-state index contributed by atoms with van der Waals surface area (Å²) in [6.07, 6.45) is 4.60. The molecule has 0 unspecified atom stereocenters. The van der Waals surface area contributed by atoms with Crippen LogP contribution in [-0.4, -0.2) is 37.0 Å². The van der Waals surface area contributed by atoms with Gasteiger partial charge in [-0.15, -0.1) is 0 Å². The maximum Gasteiger partial charge on any atom is 0.276 e. The lowest BCUT2D eigenvalue weighted by molar-refractivity contribution is -0.118. The Kier molecular flexibility index (Phi) is 7.66. The summed E-state index contributed by atoms with van der Waals surface area (Å²) in [5.74, 6) is 0.922. The number of carbonyl (C=O) groups excluding carboxylic acids is 1. The van der Waals surface area contributed by atoms with Crippen molar-refractivity contribution < 1.29 is 9.90 Å². The van der Waals surface area contributed by atoms with Gasteiger partial charge in [0.05, 0.1) is 30.0 Å². The number of aryl methyl sites for hydroxylation is 1. The number of benzene rings is 2. The minimum atomic E-state index is -0.161. The van der Waals surface area contributed by atoms with Gasteiger partial charge in [0.25, 0.3) is 5.56 Å². The van der Waals surface area contributed by atoms with Crippen LogP contribution in [0.15, 0.2) is 65.7 Å². The minimum absolute atomic E-state index is 0.0911. The number of amides is 1. The topological polar surface area (TPSA) is 114 Å². The number of fused-ring (bicyclic) bond motifs is 2. The summed E-state index contributed by atoms with van der Waals surface area (Å²) in [6, 6.07) is 15.7. The second kappa shape index (κ2) is 11.3. The second-order valence-corrected chi connectivity index (χ2v) is 10.5. The highest BCUT2D eigenvalue weighted by Gasteiger charge is 2.21. The number of pyridine rings is 1. The summed E-state index contributed by atoms with van der Waals surface area (Å²) in [5, 5.41) is 23.8. The Morgan fingerprint density at radius 1 is 1.07 bits per heavy atom. The maximum atomic E-state index is 13.6. The Bertz CT molecular complexity index is 1770. The molecule has 206 valence electrons. The molecule has 9 heteroatoms. The Labute approximate surface area is 232 Å². The van der Waals surface area contributed by atoms with Crippen molar-refractivity contribution >= 4 is 33.3 Å². The Morgan fingerprint density at radius 2 is 1.85 bits per heavy atom. The van der Waals surface area contributed by atoms with E-state index in [0.717, 1.165) is 50.7 Å². The van der Waals surface area contributed by atoms with Crippen molar-refractivity contribution in [1.29, 1.82) is 0 Å². The van der Waals surface area contributed by atoms with E-state index < -0.39 is 0 Å². The Morgan fingerprint density at radius 3 is 2.58 bits per heavy atom. The molecule has 0 bridgehead atoms. The van der Waals surface area contributed by atoms with Crippen LogP contribution in [0.3, 0.4) is 0 Å². The van der Waals surface area contributed by atoms with E-state index >= 15 is 0 Å². The lowest BCUT2D eigenvalue weighted by Crippen LogP contribution is -2.26. The van der Waals surface area contributed by atoms with Gasteiger partial charge in [0.2, 0.25) is 5.91 Å². The Balaban J connectivity index is 1.70. The molecule has 0 aliphatic carbocycles. The van der Waals surface area contributed by atoms with Crippen molar-refractivity contribution in [3.8, 4) is 11.3 Å². The van der Waals surface area contributed by atoms with Gasteiger partial charge >= 0.3 is 0 Å². The predicted molar refractivity (Wildman–Crippen MR) is 158 cm³/mol. The fourth-order valence-electron chi connectivity index (χ4n) is 5.18. The molecule has 0 radical (unpaired) electrons. The molecule has 5 aromatic rings. The molecule has 0 aliphatic rings. The zero-order valence-electron chi connectivity index (χ0n) is 23.2. The number of anilines is 1. The largest absolute Gasteiger partial charge is 0.392 e. The first-order valence-corrected chi connectivity index (χ1v) is 13.4. The minimum Gasteiger partial charge on any atom is -0.392 e. The van der Waals surface area contributed by atoms with Crippen LogP contribution in [0.1, 0.15) is 37.6 Å². The highest BCUT2D eigenvalue weighted by Crippen LogP contribution is 2.33. The zero-order chi connectivity index (χ0) is 28.4. The van der Waals surface area contributed by atoms with Gasteiger partial charge in [-0.05, 0) is 40.5 Å². The van der Waals surface area contributed by atoms with Crippen molar-refractivity contribution in [3.63, 3.8) is 0 Å². The summed E-state index contributed by atoms with van der Waals surface area (Å²) in [6.45, 7) is 6.40. The smallest absolute Gasteiger partial charge is 0.276 e. The standard InChI is InChI=1S/C31H34N6O3/c1-19(2)12-27-26-16-37(29(28(26)31(40)36(4)35-27)22-9-7-8-21(13-22)17-38)15-23-14-32-30(34-18-33-20(3)39)25-11-6-5-10-24(23)25/h5-11,13-14,16,19,38H,12,15,17-18H2,1-4H3,(H,32,34)(H,33,39). The van der Waals surface area contributed by atoms with Gasteiger partial charge in [0.15, 0.2) is 0 Å². The molecule has 0 saturated carbocycles. The van der Waals surface area contributed by atoms with E-state index in [0.29, 0.717) is 23.7 Å². The van der Waals surface area contributed by atoms with Crippen LogP contribution in [0.5, 0.6) is 0 Å². The predicted octanol–water partition coefficient (Wildman–Crippen LogP) is 4.19. The fourth-order valence-corrected chi connectivity index (χ4v) is 5.18. The van der Waals surface area contributed by atoms with Crippen LogP contribution in [0.2, 0.25) is 0 Å². The highest BCUT2D eigenvalue weighted by atomic mass is 16.3. The summed E-state index contributed by atoms with van der Waals surface area (Å²) in [7, 11) is 1.70. The average Bonchev–Trinajstić information content (AvgIpc) is 3.32. The van der Waals surface area contributed by atoms with E-state index in [1.807, 2.05) is 54.9 Å². The van der Waals surface area contributed by atoms with E-state index in [1.165, 1.54) is 11.6 Å². The quantitative estimate of drug-likeness (QED) is 0.243. The maximum absolute atomic E-state index is 13.6. The van der Waals surface area contributed by atoms with E-state index in [1.54, 1.807) is 7.05 Å². The molecule has 3 N–H and O–H groups in total. The molecule has 3 aromatic heterocycles. The van der Waals surface area contributed by atoms with E-state index in [4.69, 9.17) is 0 Å². The number of nitrogens with one attached hydrogen (secondary N) is 2. The molecule has 0 atom stereocenters. The van der Waals surface area contributed by atoms with Crippen LogP contribution in [0.25, 0.3) is 32.8 Å². The van der Waals surface area contributed by atoms with Gasteiger partial charge in [0.1, 0.15) is 5.82 Å². The van der Waals surface area contributed by atoms with Crippen molar-refractivity contribution in [2.45, 2.75) is 40.3 Å². The number of hydrogen-bond acceptors (Lipinski definition) is 6. The van der Waals surface area contributed by atoms with Gasteiger partial charge in [-0.25, -0.2) is 9.67 Å². The van der Waals surface area contributed by atoms with Crippen molar-refractivity contribution in [2.75, 3.05) is 12.0 Å². The van der Waals surface area contributed by atoms with Crippen LogP contribution in [0, 0.1) is 5.92 Å². The summed E-state index contributed by atoms with van der Waals surface area (Å²) < 4.78 is 3.53. The summed E-state index contributed by atoms with van der Waals surface area (Å²) in [5.41, 5.74) is 4.11. The van der Waals surface area contributed by atoms with Crippen LogP contribution >= 0.6 is 0 Å². The number of aromatic nitrogens is 4. The number of carbonyl (C=O) groups is 1. The normalized spacial score (nSPS) is 11.4. The molecule has 40 heavy (non-hydrogen) atoms. The third kappa shape index (κ3) is 5.33. The van der Waals surface area contributed by atoms with E-state index in [-0.39, 0.29) is 24.7 Å². The summed E-state index contributed by atoms with van der Waals surface area (Å²) in [4.78, 5) is 29.6. The number of aliphatic hydroxyl groups excluding tert-OH is 1. The van der Waals surface area contributed by atoms with Gasteiger partial charge in [-0.3, -0.25) is 9.59 Å². The molecular weight excluding hydrogens is 504 g/mol. The van der Waals surface area contributed by atoms with Gasteiger partial charge in [0, 0.05) is 43.7 Å². The first-order chi connectivity index (χ1) is 19.3. The first kappa shape index (κ1) is 27.1. The molecule has 0 fully saturated rings. The van der Waals surface area contributed by atoms with Crippen molar-refractivity contribution in [1.82, 2.24) is 24.6 Å². The van der Waals surface area contributed by atoms with E-state index in [9.17, 15) is 14.7 Å². The molecule has 3 heterocycles. The van der Waals surface area contributed by atoms with E-state index in [2.05, 4.69) is 45.2 Å². The van der Waals surface area contributed by atoms with Crippen LogP contribution in [0.4, 0.5) is 5.82 Å². The Hall–Kier alpha value is -4.50. The zero-order valence-corrected chi connectivity index (χ0v) is 23.2. The highest BCUT2D eigenvalue weighted by molar-refractivity contribution is 5.98.